The summed E-state index contributed by atoms with van der Waals surface area (Å²) in [5.74, 6) is -0.571. The summed E-state index contributed by atoms with van der Waals surface area (Å²) in [6.07, 6.45) is -4.48. The lowest BCUT2D eigenvalue weighted by atomic mass is 10.1. The minimum atomic E-state index is -4.51. The Morgan fingerprint density at radius 1 is 1.09 bits per heavy atom. The van der Waals surface area contributed by atoms with Crippen LogP contribution in [0.4, 0.5) is 13.2 Å². The fourth-order valence-electron chi connectivity index (χ4n) is 2.96. The predicted molar refractivity (Wildman–Crippen MR) is 115 cm³/mol. The fraction of sp³-hybridized carbons (Fsp3) is 0.190. The Balaban J connectivity index is 1.55. The number of benzene rings is 1. The van der Waals surface area contributed by atoms with Gasteiger partial charge in [-0.15, -0.1) is 22.7 Å². The largest absolute Gasteiger partial charge is 0.481 e. The summed E-state index contributed by atoms with van der Waals surface area (Å²) in [4.78, 5) is 16.0. The first-order valence-electron chi connectivity index (χ1n) is 9.43. The molecule has 0 unspecified atom stereocenters. The van der Waals surface area contributed by atoms with Crippen molar-refractivity contribution in [3.63, 3.8) is 0 Å². The van der Waals surface area contributed by atoms with Crippen LogP contribution in [-0.2, 0) is 17.5 Å². The standard InChI is InChI=1S/C21H16F3N3O3S2/c22-21(23,24)18-14(12-4-2-1-3-5-12)10-16(32-18)20-26-19(27-30-20)15-7-6-13(31-15)11-25-9-8-17(28)29/h1-7,10,25H,8-9,11H2,(H,28,29). The highest BCUT2D eigenvalue weighted by Crippen LogP contribution is 2.45. The van der Waals surface area contributed by atoms with Crippen LogP contribution in [0.5, 0.6) is 0 Å². The number of carboxylic acids is 1. The summed E-state index contributed by atoms with van der Waals surface area (Å²) in [5, 5.41) is 15.6. The Hall–Kier alpha value is -3.02. The van der Waals surface area contributed by atoms with Gasteiger partial charge in [0.15, 0.2) is 0 Å². The molecule has 0 radical (unpaired) electrons. The second kappa shape index (κ2) is 9.23. The lowest BCUT2D eigenvalue weighted by Crippen LogP contribution is -2.16. The molecule has 3 aromatic heterocycles. The second-order valence-electron chi connectivity index (χ2n) is 6.73. The molecule has 1 aromatic carbocycles. The number of hydrogen-bond acceptors (Lipinski definition) is 7. The summed E-state index contributed by atoms with van der Waals surface area (Å²) in [5.41, 5.74) is 0.532. The SMILES string of the molecule is O=C(O)CCNCc1ccc(-c2noc(-c3cc(-c4ccccc4)c(C(F)(F)F)s3)n2)s1. The lowest BCUT2D eigenvalue weighted by molar-refractivity contribution is -0.137. The first-order chi connectivity index (χ1) is 15.3. The molecule has 32 heavy (non-hydrogen) atoms. The zero-order valence-electron chi connectivity index (χ0n) is 16.3. The molecule has 0 spiro atoms. The molecule has 4 rings (SSSR count). The first kappa shape index (κ1) is 22.2. The number of rotatable bonds is 8. The number of nitrogens with one attached hydrogen (secondary N) is 1. The van der Waals surface area contributed by atoms with Gasteiger partial charge in [-0.2, -0.15) is 18.2 Å². The fourth-order valence-corrected chi connectivity index (χ4v) is 4.84. The third kappa shape index (κ3) is 5.06. The summed E-state index contributed by atoms with van der Waals surface area (Å²) < 4.78 is 46.1. The Morgan fingerprint density at radius 3 is 2.59 bits per heavy atom. The lowest BCUT2D eigenvalue weighted by Gasteiger charge is -2.07. The van der Waals surface area contributed by atoms with Gasteiger partial charge in [-0.25, -0.2) is 0 Å². The number of aromatic nitrogens is 2. The molecular weight excluding hydrogens is 463 g/mol. The van der Waals surface area contributed by atoms with Gasteiger partial charge in [0.2, 0.25) is 5.82 Å². The van der Waals surface area contributed by atoms with Crippen molar-refractivity contribution in [2.75, 3.05) is 6.54 Å². The monoisotopic (exact) mass is 479 g/mol. The zero-order chi connectivity index (χ0) is 22.7. The quantitative estimate of drug-likeness (QED) is 0.312. The molecule has 166 valence electrons. The molecule has 0 aliphatic heterocycles. The van der Waals surface area contributed by atoms with Crippen LogP contribution >= 0.6 is 22.7 Å². The van der Waals surface area contributed by atoms with E-state index in [1.54, 1.807) is 36.4 Å². The highest BCUT2D eigenvalue weighted by Gasteiger charge is 2.37. The van der Waals surface area contributed by atoms with Crippen LogP contribution in [0.25, 0.3) is 32.6 Å². The third-order valence-corrected chi connectivity index (χ3v) is 6.66. The number of thiophene rings is 2. The highest BCUT2D eigenvalue weighted by atomic mass is 32.1. The Bertz CT molecular complexity index is 1220. The maximum absolute atomic E-state index is 13.6. The predicted octanol–water partition coefficient (Wildman–Crippen LogP) is 5.78. The number of aliphatic carboxylic acids is 1. The summed E-state index contributed by atoms with van der Waals surface area (Å²) in [6.45, 7) is 0.835. The van der Waals surface area contributed by atoms with Crippen LogP contribution in [0.15, 0.2) is 53.1 Å². The molecule has 0 amide bonds. The second-order valence-corrected chi connectivity index (χ2v) is 8.95. The Kier molecular flexibility index (Phi) is 6.40. The third-order valence-electron chi connectivity index (χ3n) is 4.41. The van der Waals surface area contributed by atoms with Gasteiger partial charge in [-0.05, 0) is 23.8 Å². The molecule has 0 saturated heterocycles. The van der Waals surface area contributed by atoms with Crippen molar-refractivity contribution >= 4 is 28.6 Å². The first-order valence-corrected chi connectivity index (χ1v) is 11.1. The molecule has 0 aliphatic rings. The van der Waals surface area contributed by atoms with Gasteiger partial charge in [-0.3, -0.25) is 4.79 Å². The molecule has 11 heteroatoms. The van der Waals surface area contributed by atoms with E-state index in [9.17, 15) is 18.0 Å². The van der Waals surface area contributed by atoms with Gasteiger partial charge in [0.05, 0.1) is 16.2 Å². The van der Waals surface area contributed by atoms with Crippen LogP contribution in [0.2, 0.25) is 0 Å². The van der Waals surface area contributed by atoms with Crippen molar-refractivity contribution in [1.82, 2.24) is 15.5 Å². The van der Waals surface area contributed by atoms with E-state index in [0.29, 0.717) is 34.9 Å². The number of alkyl halides is 3. The maximum Gasteiger partial charge on any atom is 0.426 e. The summed E-state index contributed by atoms with van der Waals surface area (Å²) in [6, 6.07) is 13.4. The number of halogens is 3. The molecule has 6 nitrogen and oxygen atoms in total. The van der Waals surface area contributed by atoms with Crippen LogP contribution < -0.4 is 5.32 Å². The van der Waals surface area contributed by atoms with Gasteiger partial charge in [0.1, 0.15) is 4.88 Å². The average Bonchev–Trinajstić information content (AvgIpc) is 3.50. The molecule has 0 bridgehead atoms. The van der Waals surface area contributed by atoms with Crippen molar-refractivity contribution in [2.24, 2.45) is 0 Å². The molecule has 3 heterocycles. The normalized spacial score (nSPS) is 11.7. The molecule has 0 fully saturated rings. The Labute approximate surface area is 188 Å². The van der Waals surface area contributed by atoms with E-state index < -0.39 is 17.0 Å². The van der Waals surface area contributed by atoms with Gasteiger partial charge in [0, 0.05) is 23.5 Å². The van der Waals surface area contributed by atoms with E-state index in [-0.39, 0.29) is 28.6 Å². The van der Waals surface area contributed by atoms with Gasteiger partial charge >= 0.3 is 12.1 Å². The number of carboxylic acid groups (broad SMARTS) is 1. The molecular formula is C21H16F3N3O3S2. The van der Waals surface area contributed by atoms with Crippen LogP contribution in [0.3, 0.4) is 0 Å². The Morgan fingerprint density at radius 2 is 1.88 bits per heavy atom. The van der Waals surface area contributed by atoms with Crippen molar-refractivity contribution < 1.29 is 27.6 Å². The molecule has 2 N–H and O–H groups in total. The number of nitrogens with zero attached hydrogens (tertiary/aromatic N) is 2. The highest BCUT2D eigenvalue weighted by molar-refractivity contribution is 7.16. The summed E-state index contributed by atoms with van der Waals surface area (Å²) in [7, 11) is 0. The zero-order valence-corrected chi connectivity index (χ0v) is 18.0. The topological polar surface area (TPSA) is 88.2 Å². The molecule has 4 aromatic rings. The average molecular weight is 480 g/mol. The van der Waals surface area contributed by atoms with Crippen LogP contribution in [-0.4, -0.2) is 27.8 Å². The van der Waals surface area contributed by atoms with E-state index in [4.69, 9.17) is 9.63 Å². The van der Waals surface area contributed by atoms with Crippen molar-refractivity contribution in [1.29, 1.82) is 0 Å². The van der Waals surface area contributed by atoms with E-state index in [1.165, 1.54) is 17.4 Å². The minimum absolute atomic E-state index is 0.0206. The van der Waals surface area contributed by atoms with Crippen LogP contribution in [0.1, 0.15) is 16.2 Å². The van der Waals surface area contributed by atoms with E-state index in [0.717, 1.165) is 4.88 Å². The summed E-state index contributed by atoms with van der Waals surface area (Å²) >= 11 is 1.96. The molecule has 0 atom stereocenters. The van der Waals surface area contributed by atoms with Crippen molar-refractivity contribution in [3.8, 4) is 32.6 Å². The van der Waals surface area contributed by atoms with Gasteiger partial charge in [0.25, 0.3) is 5.89 Å². The molecule has 0 aliphatic carbocycles. The van der Waals surface area contributed by atoms with E-state index in [2.05, 4.69) is 15.5 Å². The van der Waals surface area contributed by atoms with Crippen molar-refractivity contribution in [3.05, 3.63) is 58.3 Å². The maximum atomic E-state index is 13.6. The van der Waals surface area contributed by atoms with E-state index >= 15 is 0 Å². The number of carbonyl (C=O) groups is 1. The van der Waals surface area contributed by atoms with E-state index in [1.807, 2.05) is 6.07 Å². The van der Waals surface area contributed by atoms with Gasteiger partial charge < -0.3 is 14.9 Å². The van der Waals surface area contributed by atoms with Gasteiger partial charge in [-0.1, -0.05) is 35.5 Å². The number of hydrogen-bond donors (Lipinski definition) is 2. The molecule has 0 saturated carbocycles. The van der Waals surface area contributed by atoms with Crippen LogP contribution in [0, 0.1) is 0 Å². The minimum Gasteiger partial charge on any atom is -0.481 e. The van der Waals surface area contributed by atoms with Crippen molar-refractivity contribution in [2.45, 2.75) is 19.1 Å². The smallest absolute Gasteiger partial charge is 0.426 e.